The molecule has 1 saturated heterocycles. The van der Waals surface area contributed by atoms with Gasteiger partial charge >= 0.3 is 0 Å². The Morgan fingerprint density at radius 2 is 2.22 bits per heavy atom. The summed E-state index contributed by atoms with van der Waals surface area (Å²) in [4.78, 5) is 0. The maximum absolute atomic E-state index is 15.0. The van der Waals surface area contributed by atoms with Crippen molar-refractivity contribution in [1.82, 2.24) is 5.32 Å². The third-order valence-electron chi connectivity index (χ3n) is 3.79. The topological polar surface area (TPSA) is 21.3 Å². The fourth-order valence-electron chi connectivity index (χ4n) is 2.64. The smallest absolute Gasteiger partial charge is 0.135 e. The predicted molar refractivity (Wildman–Crippen MR) is 71.6 cm³/mol. The highest BCUT2D eigenvalue weighted by Crippen LogP contribution is 2.34. The highest BCUT2D eigenvalue weighted by molar-refractivity contribution is 5.37. The van der Waals surface area contributed by atoms with Crippen molar-refractivity contribution in [2.75, 3.05) is 19.8 Å². The van der Waals surface area contributed by atoms with Crippen molar-refractivity contribution in [3.05, 3.63) is 34.9 Å². The lowest BCUT2D eigenvalue weighted by Gasteiger charge is -2.31. The molecule has 0 amide bonds. The molecule has 1 aliphatic rings. The van der Waals surface area contributed by atoms with E-state index in [2.05, 4.69) is 5.32 Å². The molecule has 0 bridgehead atoms. The zero-order valence-corrected chi connectivity index (χ0v) is 11.4. The van der Waals surface area contributed by atoms with Gasteiger partial charge in [0.15, 0.2) is 0 Å². The van der Waals surface area contributed by atoms with E-state index in [0.717, 1.165) is 29.8 Å². The molecule has 0 spiro atoms. The number of hydrogen-bond acceptors (Lipinski definition) is 2. The molecule has 1 aromatic carbocycles. The lowest BCUT2D eigenvalue weighted by molar-refractivity contribution is 0.0473. The van der Waals surface area contributed by atoms with Crippen LogP contribution in [0.1, 0.15) is 30.0 Å². The van der Waals surface area contributed by atoms with Crippen LogP contribution in [0.15, 0.2) is 18.2 Å². The number of alkyl halides is 1. The summed E-state index contributed by atoms with van der Waals surface area (Å²) < 4.78 is 20.3. The number of benzene rings is 1. The first-order chi connectivity index (χ1) is 8.50. The van der Waals surface area contributed by atoms with E-state index in [0.29, 0.717) is 13.0 Å². The maximum atomic E-state index is 15.0. The summed E-state index contributed by atoms with van der Waals surface area (Å²) in [6, 6.07) is 5.96. The summed E-state index contributed by atoms with van der Waals surface area (Å²) in [5.74, 6) is 0. The van der Waals surface area contributed by atoms with Gasteiger partial charge in [-0.05, 0) is 37.5 Å². The van der Waals surface area contributed by atoms with E-state index in [9.17, 15) is 4.39 Å². The Kier molecular flexibility index (Phi) is 4.03. The van der Waals surface area contributed by atoms with Gasteiger partial charge in [0, 0.05) is 19.0 Å². The summed E-state index contributed by atoms with van der Waals surface area (Å²) in [5, 5.41) is 3.31. The van der Waals surface area contributed by atoms with Gasteiger partial charge in [0.05, 0.1) is 13.2 Å². The van der Waals surface area contributed by atoms with Gasteiger partial charge in [-0.3, -0.25) is 0 Å². The van der Waals surface area contributed by atoms with Crippen molar-refractivity contribution in [3.63, 3.8) is 0 Å². The summed E-state index contributed by atoms with van der Waals surface area (Å²) in [5.41, 5.74) is 1.69. The Morgan fingerprint density at radius 1 is 1.44 bits per heavy atom. The summed E-state index contributed by atoms with van der Waals surface area (Å²) in [7, 11) is 0. The third-order valence-corrected chi connectivity index (χ3v) is 3.79. The monoisotopic (exact) mass is 251 g/mol. The molecule has 1 fully saturated rings. The first kappa shape index (κ1) is 13.5. The molecule has 100 valence electrons. The predicted octanol–water partition coefficient (Wildman–Crippen LogP) is 2.87. The van der Waals surface area contributed by atoms with Crippen molar-refractivity contribution < 1.29 is 9.13 Å². The van der Waals surface area contributed by atoms with Gasteiger partial charge in [-0.15, -0.1) is 0 Å². The van der Waals surface area contributed by atoms with Crippen LogP contribution in [0.2, 0.25) is 0 Å². The molecule has 1 heterocycles. The molecule has 0 saturated carbocycles. The average Bonchev–Trinajstić information content (AvgIpc) is 2.33. The molecule has 1 aliphatic heterocycles. The highest BCUT2D eigenvalue weighted by Gasteiger charge is 2.32. The van der Waals surface area contributed by atoms with E-state index in [4.69, 9.17) is 4.74 Å². The fourth-order valence-corrected chi connectivity index (χ4v) is 2.64. The third kappa shape index (κ3) is 2.90. The van der Waals surface area contributed by atoms with Gasteiger partial charge in [0.25, 0.3) is 0 Å². The molecule has 1 aromatic rings. The Morgan fingerprint density at radius 3 is 2.89 bits per heavy atom. The number of morpholine rings is 1. The molecule has 18 heavy (non-hydrogen) atoms. The van der Waals surface area contributed by atoms with Gasteiger partial charge in [-0.2, -0.15) is 0 Å². The number of ether oxygens (including phenoxy) is 1. The second kappa shape index (κ2) is 5.37. The van der Waals surface area contributed by atoms with Gasteiger partial charge < -0.3 is 10.1 Å². The SMILES string of the molecule is Cc1cccc(C(C)(F)CC2COCCN2)c1C. The molecule has 2 atom stereocenters. The Balaban J connectivity index is 2.16. The van der Waals surface area contributed by atoms with Gasteiger partial charge in [-0.25, -0.2) is 4.39 Å². The number of halogens is 1. The van der Waals surface area contributed by atoms with Gasteiger partial charge in [-0.1, -0.05) is 18.2 Å². The molecule has 0 aromatic heterocycles. The largest absolute Gasteiger partial charge is 0.379 e. The first-order valence-corrected chi connectivity index (χ1v) is 6.57. The van der Waals surface area contributed by atoms with Crippen LogP contribution < -0.4 is 5.32 Å². The molecule has 0 aliphatic carbocycles. The summed E-state index contributed by atoms with van der Waals surface area (Å²) >= 11 is 0. The molecule has 2 unspecified atom stereocenters. The minimum Gasteiger partial charge on any atom is -0.379 e. The summed E-state index contributed by atoms with van der Waals surface area (Å²) in [6.07, 6.45) is 0.456. The normalized spacial score (nSPS) is 23.7. The Bertz CT molecular complexity index is 411. The number of nitrogens with one attached hydrogen (secondary N) is 1. The van der Waals surface area contributed by atoms with Crippen LogP contribution in [-0.2, 0) is 10.4 Å². The Labute approximate surface area is 109 Å². The number of aryl methyl sites for hydroxylation is 1. The highest BCUT2D eigenvalue weighted by atomic mass is 19.1. The zero-order chi connectivity index (χ0) is 13.2. The molecular formula is C15H22FNO. The minimum absolute atomic E-state index is 0.105. The van der Waals surface area contributed by atoms with Crippen LogP contribution in [0.5, 0.6) is 0 Å². The van der Waals surface area contributed by atoms with E-state index in [-0.39, 0.29) is 6.04 Å². The van der Waals surface area contributed by atoms with Crippen LogP contribution in [0.4, 0.5) is 4.39 Å². The fraction of sp³-hybridized carbons (Fsp3) is 0.600. The lowest BCUT2D eigenvalue weighted by atomic mass is 9.86. The van der Waals surface area contributed by atoms with E-state index >= 15 is 0 Å². The second-order valence-corrected chi connectivity index (χ2v) is 5.37. The maximum Gasteiger partial charge on any atom is 0.135 e. The summed E-state index contributed by atoms with van der Waals surface area (Å²) in [6.45, 7) is 7.83. The van der Waals surface area contributed by atoms with Crippen LogP contribution in [0, 0.1) is 13.8 Å². The van der Waals surface area contributed by atoms with E-state index in [1.54, 1.807) is 6.92 Å². The average molecular weight is 251 g/mol. The van der Waals surface area contributed by atoms with E-state index in [1.807, 2.05) is 32.0 Å². The molecule has 2 rings (SSSR count). The zero-order valence-electron chi connectivity index (χ0n) is 11.4. The minimum atomic E-state index is -1.31. The van der Waals surface area contributed by atoms with Crippen molar-refractivity contribution in [1.29, 1.82) is 0 Å². The van der Waals surface area contributed by atoms with Crippen molar-refractivity contribution in [3.8, 4) is 0 Å². The van der Waals surface area contributed by atoms with Crippen molar-refractivity contribution in [2.24, 2.45) is 0 Å². The van der Waals surface area contributed by atoms with Crippen LogP contribution in [0.3, 0.4) is 0 Å². The number of hydrogen-bond donors (Lipinski definition) is 1. The molecular weight excluding hydrogens is 229 g/mol. The van der Waals surface area contributed by atoms with E-state index < -0.39 is 5.67 Å². The van der Waals surface area contributed by atoms with Crippen molar-refractivity contribution in [2.45, 2.75) is 38.9 Å². The van der Waals surface area contributed by atoms with E-state index in [1.165, 1.54) is 0 Å². The van der Waals surface area contributed by atoms with Crippen LogP contribution >= 0.6 is 0 Å². The van der Waals surface area contributed by atoms with Crippen molar-refractivity contribution >= 4 is 0 Å². The molecule has 3 heteroatoms. The van der Waals surface area contributed by atoms with Crippen LogP contribution in [0.25, 0.3) is 0 Å². The quantitative estimate of drug-likeness (QED) is 0.892. The molecule has 1 N–H and O–H groups in total. The first-order valence-electron chi connectivity index (χ1n) is 6.57. The number of rotatable bonds is 3. The lowest BCUT2D eigenvalue weighted by Crippen LogP contribution is -2.44. The Hall–Kier alpha value is -0.930. The van der Waals surface area contributed by atoms with Gasteiger partial charge in [0.2, 0.25) is 0 Å². The standard InChI is InChI=1S/C15H22FNO/c1-11-5-4-6-14(12(11)2)15(3,16)9-13-10-18-8-7-17-13/h4-6,13,17H,7-10H2,1-3H3. The second-order valence-electron chi connectivity index (χ2n) is 5.37. The molecule has 2 nitrogen and oxygen atoms in total. The molecule has 0 radical (unpaired) electrons. The van der Waals surface area contributed by atoms with Crippen LogP contribution in [-0.4, -0.2) is 25.8 Å². The van der Waals surface area contributed by atoms with Gasteiger partial charge in [0.1, 0.15) is 5.67 Å².